The largest absolute Gasteiger partial charge is 0.491 e. The molecule has 29 heavy (non-hydrogen) atoms. The van der Waals surface area contributed by atoms with Gasteiger partial charge < -0.3 is 14.7 Å². The van der Waals surface area contributed by atoms with E-state index in [9.17, 15) is 5.11 Å². The molecule has 6 heteroatoms. The number of aliphatic hydroxyl groups excluding tert-OH is 1. The van der Waals surface area contributed by atoms with Crippen LogP contribution >= 0.6 is 0 Å². The van der Waals surface area contributed by atoms with Gasteiger partial charge in [0.2, 0.25) is 0 Å². The zero-order valence-electron chi connectivity index (χ0n) is 16.4. The van der Waals surface area contributed by atoms with Crippen LogP contribution in [0.3, 0.4) is 0 Å². The van der Waals surface area contributed by atoms with Gasteiger partial charge >= 0.3 is 0 Å². The van der Waals surface area contributed by atoms with Gasteiger partial charge in [-0.15, -0.1) is 0 Å². The first-order valence-corrected chi connectivity index (χ1v) is 9.97. The Bertz CT molecular complexity index is 866. The Hall–Kier alpha value is -2.96. The average molecular weight is 390 g/mol. The van der Waals surface area contributed by atoms with E-state index < -0.39 is 6.10 Å². The first-order valence-electron chi connectivity index (χ1n) is 9.97. The highest BCUT2D eigenvalue weighted by Crippen LogP contribution is 2.22. The molecule has 2 aromatic carbocycles. The lowest BCUT2D eigenvalue weighted by molar-refractivity contribution is 0.0662. The SMILES string of the molecule is OC(COc1ccc(-c2ccccc2)cc1)CN1CCN(c2cnccn2)CC1. The summed E-state index contributed by atoms with van der Waals surface area (Å²) in [5.41, 5.74) is 2.33. The van der Waals surface area contributed by atoms with E-state index in [0.29, 0.717) is 6.54 Å². The molecular weight excluding hydrogens is 364 g/mol. The maximum atomic E-state index is 10.4. The Morgan fingerprint density at radius 2 is 1.62 bits per heavy atom. The summed E-state index contributed by atoms with van der Waals surface area (Å²) < 4.78 is 5.79. The third kappa shape index (κ3) is 5.31. The van der Waals surface area contributed by atoms with Crippen LogP contribution in [0.2, 0.25) is 0 Å². The van der Waals surface area contributed by atoms with E-state index in [0.717, 1.165) is 43.3 Å². The Balaban J connectivity index is 1.21. The maximum Gasteiger partial charge on any atom is 0.147 e. The molecule has 1 aliphatic heterocycles. The van der Waals surface area contributed by atoms with E-state index in [4.69, 9.17) is 4.74 Å². The van der Waals surface area contributed by atoms with E-state index in [-0.39, 0.29) is 6.61 Å². The number of hydrogen-bond acceptors (Lipinski definition) is 6. The molecule has 1 atom stereocenters. The number of benzene rings is 2. The predicted molar refractivity (Wildman–Crippen MR) is 114 cm³/mol. The number of β-amino-alcohol motifs (C(OH)–C–C–N with tert-alkyl or cyclic N) is 1. The van der Waals surface area contributed by atoms with Crippen LogP contribution in [0.5, 0.6) is 5.75 Å². The monoisotopic (exact) mass is 390 g/mol. The molecule has 0 amide bonds. The maximum absolute atomic E-state index is 10.4. The summed E-state index contributed by atoms with van der Waals surface area (Å²) >= 11 is 0. The van der Waals surface area contributed by atoms with E-state index >= 15 is 0 Å². The van der Waals surface area contributed by atoms with E-state index in [1.54, 1.807) is 18.6 Å². The van der Waals surface area contributed by atoms with Crippen LogP contribution in [-0.2, 0) is 0 Å². The summed E-state index contributed by atoms with van der Waals surface area (Å²) in [6.45, 7) is 4.44. The van der Waals surface area contributed by atoms with Crippen molar-refractivity contribution in [1.29, 1.82) is 0 Å². The third-order valence-electron chi connectivity index (χ3n) is 5.12. The van der Waals surface area contributed by atoms with Gasteiger partial charge in [0, 0.05) is 45.1 Å². The fraction of sp³-hybridized carbons (Fsp3) is 0.304. The van der Waals surface area contributed by atoms with E-state index in [1.807, 2.05) is 42.5 Å². The van der Waals surface area contributed by atoms with Gasteiger partial charge in [0.15, 0.2) is 0 Å². The van der Waals surface area contributed by atoms with Crippen molar-refractivity contribution >= 4 is 5.82 Å². The molecule has 0 radical (unpaired) electrons. The summed E-state index contributed by atoms with van der Waals surface area (Å²) in [7, 11) is 0. The van der Waals surface area contributed by atoms with Gasteiger partial charge in [-0.1, -0.05) is 42.5 Å². The second-order valence-corrected chi connectivity index (χ2v) is 7.21. The summed E-state index contributed by atoms with van der Waals surface area (Å²) in [6, 6.07) is 18.2. The smallest absolute Gasteiger partial charge is 0.147 e. The molecule has 0 spiro atoms. The van der Waals surface area contributed by atoms with Crippen LogP contribution in [-0.4, -0.2) is 65.4 Å². The Morgan fingerprint density at radius 3 is 2.31 bits per heavy atom. The van der Waals surface area contributed by atoms with Gasteiger partial charge in [0.1, 0.15) is 24.3 Å². The van der Waals surface area contributed by atoms with Crippen LogP contribution < -0.4 is 9.64 Å². The van der Waals surface area contributed by atoms with Crippen molar-refractivity contribution in [2.24, 2.45) is 0 Å². The van der Waals surface area contributed by atoms with Crippen molar-refractivity contribution in [3.05, 3.63) is 73.2 Å². The number of piperazine rings is 1. The molecule has 6 nitrogen and oxygen atoms in total. The molecule has 150 valence electrons. The predicted octanol–water partition coefficient (Wildman–Crippen LogP) is 2.71. The Labute approximate surface area is 171 Å². The highest BCUT2D eigenvalue weighted by Gasteiger charge is 2.20. The van der Waals surface area contributed by atoms with Gasteiger partial charge in [-0.25, -0.2) is 4.98 Å². The Morgan fingerprint density at radius 1 is 0.897 bits per heavy atom. The highest BCUT2D eigenvalue weighted by atomic mass is 16.5. The minimum atomic E-state index is -0.521. The molecule has 3 aromatic rings. The standard InChI is InChI=1S/C23H26N4O2/c28-21(17-26-12-14-27(15-13-26)23-16-24-10-11-25-23)18-29-22-8-6-20(7-9-22)19-4-2-1-3-5-19/h1-11,16,21,28H,12-15,17-18H2. The fourth-order valence-corrected chi connectivity index (χ4v) is 3.53. The lowest BCUT2D eigenvalue weighted by atomic mass is 10.1. The minimum Gasteiger partial charge on any atom is -0.491 e. The quantitative estimate of drug-likeness (QED) is 0.669. The summed E-state index contributed by atoms with van der Waals surface area (Å²) in [4.78, 5) is 13.0. The second kappa shape index (κ2) is 9.49. The van der Waals surface area contributed by atoms with Gasteiger partial charge in [-0.3, -0.25) is 9.88 Å². The number of ether oxygens (including phenoxy) is 1. The van der Waals surface area contributed by atoms with Crippen LogP contribution in [0.4, 0.5) is 5.82 Å². The zero-order valence-corrected chi connectivity index (χ0v) is 16.4. The van der Waals surface area contributed by atoms with Crippen molar-refractivity contribution in [2.45, 2.75) is 6.10 Å². The van der Waals surface area contributed by atoms with Crippen molar-refractivity contribution in [1.82, 2.24) is 14.9 Å². The normalized spacial score (nSPS) is 15.8. The van der Waals surface area contributed by atoms with Gasteiger partial charge in [-0.2, -0.15) is 0 Å². The zero-order chi connectivity index (χ0) is 19.9. The van der Waals surface area contributed by atoms with Crippen LogP contribution in [0.15, 0.2) is 73.2 Å². The first-order chi connectivity index (χ1) is 14.3. The number of aromatic nitrogens is 2. The number of nitrogens with zero attached hydrogens (tertiary/aromatic N) is 4. The van der Waals surface area contributed by atoms with Crippen LogP contribution in [0, 0.1) is 0 Å². The molecular formula is C23H26N4O2. The number of hydrogen-bond donors (Lipinski definition) is 1. The molecule has 1 fully saturated rings. The number of aliphatic hydroxyl groups is 1. The Kier molecular flexibility index (Phi) is 6.34. The molecule has 1 unspecified atom stereocenters. The van der Waals surface area contributed by atoms with Crippen LogP contribution in [0.25, 0.3) is 11.1 Å². The highest BCUT2D eigenvalue weighted by molar-refractivity contribution is 5.63. The lowest BCUT2D eigenvalue weighted by Gasteiger charge is -2.36. The molecule has 1 N–H and O–H groups in total. The van der Waals surface area contributed by atoms with Gasteiger partial charge in [0.25, 0.3) is 0 Å². The van der Waals surface area contributed by atoms with Gasteiger partial charge in [-0.05, 0) is 23.3 Å². The third-order valence-corrected chi connectivity index (χ3v) is 5.12. The summed E-state index contributed by atoms with van der Waals surface area (Å²) in [5, 5.41) is 10.4. The molecule has 2 heterocycles. The molecule has 0 aliphatic carbocycles. The van der Waals surface area contributed by atoms with Crippen molar-refractivity contribution in [2.75, 3.05) is 44.2 Å². The number of anilines is 1. The fourth-order valence-electron chi connectivity index (χ4n) is 3.53. The van der Waals surface area contributed by atoms with E-state index in [1.165, 1.54) is 5.56 Å². The minimum absolute atomic E-state index is 0.287. The molecule has 1 saturated heterocycles. The first kappa shape index (κ1) is 19.4. The van der Waals surface area contributed by atoms with Gasteiger partial charge in [0.05, 0.1) is 6.20 Å². The molecule has 1 aromatic heterocycles. The summed E-state index contributed by atoms with van der Waals surface area (Å²) in [6.07, 6.45) is 4.67. The molecule has 0 bridgehead atoms. The average Bonchev–Trinajstić information content (AvgIpc) is 2.80. The van der Waals surface area contributed by atoms with Crippen molar-refractivity contribution in [3.63, 3.8) is 0 Å². The lowest BCUT2D eigenvalue weighted by Crippen LogP contribution is -2.49. The molecule has 1 aliphatic rings. The second-order valence-electron chi connectivity index (χ2n) is 7.21. The molecule has 4 rings (SSSR count). The van der Waals surface area contributed by atoms with E-state index in [2.05, 4.69) is 31.9 Å². The van der Waals surface area contributed by atoms with Crippen molar-refractivity contribution in [3.8, 4) is 16.9 Å². The topological polar surface area (TPSA) is 61.7 Å². The van der Waals surface area contributed by atoms with Crippen LogP contribution in [0.1, 0.15) is 0 Å². The summed E-state index contributed by atoms with van der Waals surface area (Å²) in [5.74, 6) is 1.69. The number of rotatable bonds is 7. The molecule has 0 saturated carbocycles. The van der Waals surface area contributed by atoms with Crippen molar-refractivity contribution < 1.29 is 9.84 Å².